The van der Waals surface area contributed by atoms with E-state index in [9.17, 15) is 9.59 Å². The molecule has 0 fully saturated rings. The second-order valence-corrected chi connectivity index (χ2v) is 9.46. The molecule has 0 aliphatic rings. The van der Waals surface area contributed by atoms with Crippen molar-refractivity contribution in [3.05, 3.63) is 12.2 Å². The molecule has 4 nitrogen and oxygen atoms in total. The molecular weight excluding hydrogens is 418 g/mol. The van der Waals surface area contributed by atoms with Gasteiger partial charge in [0.05, 0.1) is 0 Å². The van der Waals surface area contributed by atoms with Crippen molar-refractivity contribution in [2.75, 3.05) is 5.75 Å². The van der Waals surface area contributed by atoms with Gasteiger partial charge in [0.2, 0.25) is 5.91 Å². The van der Waals surface area contributed by atoms with Crippen molar-refractivity contribution in [1.29, 1.82) is 0 Å². The van der Waals surface area contributed by atoms with Crippen molar-refractivity contribution < 1.29 is 14.7 Å². The van der Waals surface area contributed by atoms with Gasteiger partial charge in [0.15, 0.2) is 0 Å². The fourth-order valence-electron chi connectivity index (χ4n) is 3.87. The number of nitrogens with one attached hydrogen (secondary N) is 1. The summed E-state index contributed by atoms with van der Waals surface area (Å²) in [6.45, 7) is 2.27. The average molecular weight is 470 g/mol. The van der Waals surface area contributed by atoms with Crippen LogP contribution in [0.2, 0.25) is 0 Å². The third kappa shape index (κ3) is 22.2. The zero-order chi connectivity index (χ0) is 23.7. The largest absolute Gasteiger partial charge is 0.480 e. The second-order valence-electron chi connectivity index (χ2n) is 9.10. The number of carboxylic acids is 1. The summed E-state index contributed by atoms with van der Waals surface area (Å²) in [5.74, 6) is -1.08. The van der Waals surface area contributed by atoms with Crippen molar-refractivity contribution in [3.63, 3.8) is 0 Å². The summed E-state index contributed by atoms with van der Waals surface area (Å²) < 4.78 is 0. The number of carboxylic acid groups (broad SMARTS) is 1. The molecular formula is C27H51NO3S. The minimum absolute atomic E-state index is 0.122. The van der Waals surface area contributed by atoms with Gasteiger partial charge in [-0.3, -0.25) is 4.79 Å². The minimum atomic E-state index is -1.02. The predicted molar refractivity (Wildman–Crippen MR) is 141 cm³/mol. The lowest BCUT2D eigenvalue weighted by Gasteiger charge is -2.11. The summed E-state index contributed by atoms with van der Waals surface area (Å²) in [4.78, 5) is 22.6. The molecule has 0 spiro atoms. The van der Waals surface area contributed by atoms with Crippen LogP contribution in [0.3, 0.4) is 0 Å². The number of allylic oxidation sites excluding steroid dienone is 2. The lowest BCUT2D eigenvalue weighted by molar-refractivity contribution is -0.141. The molecule has 0 aromatic heterocycles. The van der Waals surface area contributed by atoms with Crippen LogP contribution >= 0.6 is 12.6 Å². The average Bonchev–Trinajstić information content (AvgIpc) is 2.78. The van der Waals surface area contributed by atoms with Gasteiger partial charge in [-0.25, -0.2) is 4.79 Å². The Morgan fingerprint density at radius 3 is 1.53 bits per heavy atom. The van der Waals surface area contributed by atoms with Crippen LogP contribution in [0.4, 0.5) is 0 Å². The fourth-order valence-corrected chi connectivity index (χ4v) is 4.12. The number of hydrogen-bond acceptors (Lipinski definition) is 3. The predicted octanol–water partition coefficient (Wildman–Crippen LogP) is 7.86. The summed E-state index contributed by atoms with van der Waals surface area (Å²) in [6, 6.07) is -0.878. The number of aliphatic carboxylic acids is 1. The molecule has 0 saturated carbocycles. The first-order valence-electron chi connectivity index (χ1n) is 13.4. The Bertz CT molecular complexity index is 468. The Morgan fingerprint density at radius 2 is 1.12 bits per heavy atom. The molecule has 0 aromatic carbocycles. The van der Waals surface area contributed by atoms with Crippen LogP contribution in [-0.4, -0.2) is 28.8 Å². The highest BCUT2D eigenvalue weighted by atomic mass is 32.1. The molecule has 0 heterocycles. The molecule has 0 saturated heterocycles. The Balaban J connectivity index is 3.26. The van der Waals surface area contributed by atoms with Gasteiger partial charge in [-0.05, 0) is 32.1 Å². The van der Waals surface area contributed by atoms with Gasteiger partial charge < -0.3 is 10.4 Å². The number of hydrogen-bond donors (Lipinski definition) is 3. The van der Waals surface area contributed by atoms with Crippen LogP contribution in [0.1, 0.15) is 135 Å². The van der Waals surface area contributed by atoms with Gasteiger partial charge in [0.25, 0.3) is 0 Å². The highest BCUT2D eigenvalue weighted by molar-refractivity contribution is 7.80. The summed E-state index contributed by atoms with van der Waals surface area (Å²) >= 11 is 3.95. The van der Waals surface area contributed by atoms with Gasteiger partial charge in [-0.2, -0.15) is 12.6 Å². The third-order valence-electron chi connectivity index (χ3n) is 5.98. The van der Waals surface area contributed by atoms with E-state index in [0.29, 0.717) is 6.42 Å². The van der Waals surface area contributed by atoms with E-state index < -0.39 is 12.0 Å². The quantitative estimate of drug-likeness (QED) is 0.0765. The van der Waals surface area contributed by atoms with Crippen LogP contribution in [0.5, 0.6) is 0 Å². The van der Waals surface area contributed by atoms with E-state index in [1.165, 1.54) is 103 Å². The molecule has 1 unspecified atom stereocenters. The van der Waals surface area contributed by atoms with Crippen molar-refractivity contribution in [2.45, 2.75) is 141 Å². The van der Waals surface area contributed by atoms with Crippen LogP contribution in [-0.2, 0) is 9.59 Å². The Labute approximate surface area is 203 Å². The van der Waals surface area contributed by atoms with Crippen molar-refractivity contribution in [3.8, 4) is 0 Å². The molecule has 0 aliphatic heterocycles. The molecule has 0 rings (SSSR count). The van der Waals surface area contributed by atoms with Gasteiger partial charge in [0, 0.05) is 12.2 Å². The van der Waals surface area contributed by atoms with Crippen LogP contribution in [0, 0.1) is 0 Å². The first kappa shape index (κ1) is 31.0. The van der Waals surface area contributed by atoms with E-state index in [0.717, 1.165) is 19.3 Å². The van der Waals surface area contributed by atoms with E-state index in [1.807, 2.05) is 0 Å². The number of unbranched alkanes of at least 4 members (excludes halogenated alkanes) is 17. The van der Waals surface area contributed by atoms with Crippen LogP contribution < -0.4 is 5.32 Å². The lowest BCUT2D eigenvalue weighted by Crippen LogP contribution is -2.42. The van der Waals surface area contributed by atoms with Crippen molar-refractivity contribution in [1.82, 2.24) is 5.32 Å². The molecule has 1 amide bonds. The summed E-state index contributed by atoms with van der Waals surface area (Å²) in [6.07, 6.45) is 29.6. The molecule has 5 heteroatoms. The van der Waals surface area contributed by atoms with Crippen molar-refractivity contribution >= 4 is 24.5 Å². The molecule has 0 bridgehead atoms. The molecule has 2 N–H and O–H groups in total. The van der Waals surface area contributed by atoms with Gasteiger partial charge in [0.1, 0.15) is 6.04 Å². The van der Waals surface area contributed by atoms with E-state index >= 15 is 0 Å². The van der Waals surface area contributed by atoms with E-state index in [1.54, 1.807) is 0 Å². The van der Waals surface area contributed by atoms with E-state index in [4.69, 9.17) is 5.11 Å². The number of carbonyl (C=O) groups excluding carboxylic acids is 1. The normalized spacial score (nSPS) is 12.3. The number of carbonyl (C=O) groups is 2. The zero-order valence-electron chi connectivity index (χ0n) is 20.8. The van der Waals surface area contributed by atoms with Gasteiger partial charge in [-0.15, -0.1) is 0 Å². The molecule has 188 valence electrons. The Hall–Kier alpha value is -0.970. The number of rotatable bonds is 24. The highest BCUT2D eigenvalue weighted by Gasteiger charge is 2.17. The van der Waals surface area contributed by atoms with Crippen molar-refractivity contribution in [2.24, 2.45) is 0 Å². The third-order valence-corrected chi connectivity index (χ3v) is 6.35. The lowest BCUT2D eigenvalue weighted by atomic mass is 10.0. The number of amides is 1. The monoisotopic (exact) mass is 469 g/mol. The standard InChI is InChI=1S/C27H51NO3S/c1-2-3-4-5-6-7-8-9-10-11-12-13-14-15-16-17-18-19-20-21-22-23-26(29)28-25(24-32)27(30)31/h9-10,25,32H,2-8,11-24H2,1H3,(H,28,29)(H,30,31)/b10-9+. The summed E-state index contributed by atoms with van der Waals surface area (Å²) in [5.41, 5.74) is 0. The Kier molecular flexibility index (Phi) is 23.9. The first-order chi connectivity index (χ1) is 15.6. The fraction of sp³-hybridized carbons (Fsp3) is 0.852. The maximum Gasteiger partial charge on any atom is 0.327 e. The van der Waals surface area contributed by atoms with E-state index in [-0.39, 0.29) is 11.7 Å². The molecule has 0 aromatic rings. The van der Waals surface area contributed by atoms with Gasteiger partial charge >= 0.3 is 5.97 Å². The molecule has 1 atom stereocenters. The summed E-state index contributed by atoms with van der Waals surface area (Å²) in [5, 5.41) is 11.4. The maximum absolute atomic E-state index is 11.7. The molecule has 0 radical (unpaired) electrons. The van der Waals surface area contributed by atoms with E-state index in [2.05, 4.69) is 37.0 Å². The SMILES string of the molecule is CCCCCCCC/C=C/CCCCCCCCCCCCCC(=O)NC(CS)C(=O)O. The second kappa shape index (κ2) is 24.7. The molecule has 0 aliphatic carbocycles. The number of thiol groups is 1. The smallest absolute Gasteiger partial charge is 0.327 e. The van der Waals surface area contributed by atoms with Gasteiger partial charge in [-0.1, -0.05) is 109 Å². The zero-order valence-corrected chi connectivity index (χ0v) is 21.7. The highest BCUT2D eigenvalue weighted by Crippen LogP contribution is 2.13. The Morgan fingerprint density at radius 1 is 0.719 bits per heavy atom. The van der Waals surface area contributed by atoms with Crippen LogP contribution in [0.15, 0.2) is 12.2 Å². The maximum atomic E-state index is 11.7. The topological polar surface area (TPSA) is 66.4 Å². The minimum Gasteiger partial charge on any atom is -0.480 e. The van der Waals surface area contributed by atoms with Crippen LogP contribution in [0.25, 0.3) is 0 Å². The molecule has 32 heavy (non-hydrogen) atoms. The summed E-state index contributed by atoms with van der Waals surface area (Å²) in [7, 11) is 0. The first-order valence-corrected chi connectivity index (χ1v) is 14.0.